The summed E-state index contributed by atoms with van der Waals surface area (Å²) < 4.78 is 53.5. The van der Waals surface area contributed by atoms with Crippen molar-refractivity contribution < 1.29 is 27.5 Å². The summed E-state index contributed by atoms with van der Waals surface area (Å²) in [6, 6.07) is 5.89. The molecule has 0 saturated carbocycles. The van der Waals surface area contributed by atoms with Gasteiger partial charge in [-0.15, -0.1) is 0 Å². The number of alkyl halides is 3. The van der Waals surface area contributed by atoms with E-state index in [1.54, 1.807) is 29.1 Å². The first-order chi connectivity index (χ1) is 12.6. The molecule has 1 saturated heterocycles. The smallest absolute Gasteiger partial charge is 0.373 e. The molecule has 1 amide bonds. The van der Waals surface area contributed by atoms with E-state index < -0.39 is 17.7 Å². The number of hydrogen-bond donors (Lipinski definition) is 1. The van der Waals surface area contributed by atoms with E-state index in [1.165, 1.54) is 12.1 Å². The highest BCUT2D eigenvalue weighted by Crippen LogP contribution is 2.34. The summed E-state index contributed by atoms with van der Waals surface area (Å²) >= 11 is 0. The maximum Gasteiger partial charge on any atom is 0.426 e. The van der Waals surface area contributed by atoms with Crippen molar-refractivity contribution in [1.82, 2.24) is 14.5 Å². The van der Waals surface area contributed by atoms with Crippen LogP contribution in [0.5, 0.6) is 0 Å². The molecule has 5 nitrogen and oxygen atoms in total. The maximum absolute atomic E-state index is 13.1. The van der Waals surface area contributed by atoms with E-state index in [0.29, 0.717) is 25.6 Å². The lowest BCUT2D eigenvalue weighted by atomic mass is 9.94. The van der Waals surface area contributed by atoms with Crippen LogP contribution in [-0.4, -0.2) is 50.3 Å². The van der Waals surface area contributed by atoms with Gasteiger partial charge in [0.05, 0.1) is 0 Å². The fourth-order valence-corrected chi connectivity index (χ4v) is 3.21. The summed E-state index contributed by atoms with van der Waals surface area (Å²) in [4.78, 5) is 17.4. The Hall–Kier alpha value is -2.42. The largest absolute Gasteiger partial charge is 0.426 e. The number of rotatable bonds is 3. The first-order valence-corrected chi connectivity index (χ1v) is 8.49. The quantitative estimate of drug-likeness (QED) is 0.827. The highest BCUT2D eigenvalue weighted by atomic mass is 19.4. The van der Waals surface area contributed by atoms with E-state index >= 15 is 0 Å². The van der Waals surface area contributed by atoms with Crippen molar-refractivity contribution >= 4 is 5.91 Å². The number of nitrogens with zero attached hydrogens (tertiary/aromatic N) is 3. The molecule has 2 heterocycles. The van der Waals surface area contributed by atoms with Gasteiger partial charge in [-0.3, -0.25) is 4.79 Å². The second-order valence-electron chi connectivity index (χ2n) is 6.77. The van der Waals surface area contributed by atoms with Crippen molar-refractivity contribution in [2.75, 3.05) is 13.1 Å². The number of piperidine rings is 1. The molecular weight excluding hydrogens is 366 g/mol. The van der Waals surface area contributed by atoms with E-state index in [-0.39, 0.29) is 24.8 Å². The van der Waals surface area contributed by atoms with Gasteiger partial charge in [0.15, 0.2) is 0 Å². The minimum absolute atomic E-state index is 0.0649. The van der Waals surface area contributed by atoms with Gasteiger partial charge in [0.2, 0.25) is 5.60 Å². The second-order valence-corrected chi connectivity index (χ2v) is 6.77. The molecule has 0 spiro atoms. The molecule has 1 aliphatic rings. The normalized spacial score (nSPS) is 18.4. The molecule has 1 aromatic carbocycles. The van der Waals surface area contributed by atoms with Gasteiger partial charge in [0.1, 0.15) is 11.6 Å². The fourth-order valence-electron chi connectivity index (χ4n) is 3.21. The van der Waals surface area contributed by atoms with Crippen molar-refractivity contribution in [2.24, 2.45) is 0 Å². The van der Waals surface area contributed by atoms with Crippen LogP contribution in [0.3, 0.4) is 0 Å². The van der Waals surface area contributed by atoms with Crippen LogP contribution in [0.2, 0.25) is 0 Å². The molecule has 1 aromatic heterocycles. The van der Waals surface area contributed by atoms with Crippen molar-refractivity contribution in [2.45, 2.75) is 37.5 Å². The third-order valence-electron chi connectivity index (χ3n) is 4.89. The summed E-state index contributed by atoms with van der Waals surface area (Å²) in [6.45, 7) is 0.653. The van der Waals surface area contributed by atoms with Gasteiger partial charge in [-0.05, 0) is 44.0 Å². The molecule has 0 bridgehead atoms. The number of amides is 1. The van der Waals surface area contributed by atoms with Gasteiger partial charge in [-0.1, -0.05) is 0 Å². The van der Waals surface area contributed by atoms with Crippen LogP contribution < -0.4 is 0 Å². The zero-order valence-electron chi connectivity index (χ0n) is 14.6. The molecule has 146 valence electrons. The predicted octanol–water partition coefficient (Wildman–Crippen LogP) is 3.03. The van der Waals surface area contributed by atoms with Crippen LogP contribution in [0.15, 0.2) is 36.7 Å². The van der Waals surface area contributed by atoms with Crippen LogP contribution in [0.1, 0.15) is 31.5 Å². The molecule has 1 aliphatic heterocycles. The average molecular weight is 385 g/mol. The van der Waals surface area contributed by atoms with Gasteiger partial charge in [0, 0.05) is 37.1 Å². The highest BCUT2D eigenvalue weighted by molar-refractivity contribution is 5.85. The molecule has 1 atom stereocenters. The van der Waals surface area contributed by atoms with Crippen molar-refractivity contribution in [1.29, 1.82) is 0 Å². The molecule has 9 heteroatoms. The van der Waals surface area contributed by atoms with E-state index in [1.807, 2.05) is 0 Å². The minimum atomic E-state index is -5.03. The number of aromatic nitrogens is 2. The Morgan fingerprint density at radius 1 is 1.19 bits per heavy atom. The molecule has 27 heavy (non-hydrogen) atoms. The Balaban J connectivity index is 1.71. The molecule has 1 fully saturated rings. The molecule has 1 N–H and O–H groups in total. The molecule has 0 aliphatic carbocycles. The van der Waals surface area contributed by atoms with Gasteiger partial charge < -0.3 is 14.6 Å². The van der Waals surface area contributed by atoms with E-state index in [9.17, 15) is 27.5 Å². The monoisotopic (exact) mass is 385 g/mol. The maximum atomic E-state index is 13.1. The van der Waals surface area contributed by atoms with Crippen LogP contribution in [-0.2, 0) is 4.79 Å². The van der Waals surface area contributed by atoms with Crippen LogP contribution in [0.25, 0.3) is 5.69 Å². The Kier molecular flexibility index (Phi) is 4.98. The summed E-state index contributed by atoms with van der Waals surface area (Å²) in [7, 11) is 0. The molecule has 1 unspecified atom stereocenters. The third-order valence-corrected chi connectivity index (χ3v) is 4.89. The van der Waals surface area contributed by atoms with Crippen molar-refractivity contribution in [3.8, 4) is 5.69 Å². The second kappa shape index (κ2) is 6.95. The van der Waals surface area contributed by atoms with Crippen LogP contribution in [0.4, 0.5) is 17.6 Å². The Bertz CT molecular complexity index is 807. The number of likely N-dealkylation sites (tertiary alicyclic amines) is 1. The summed E-state index contributed by atoms with van der Waals surface area (Å²) in [6.07, 6.45) is -0.866. The summed E-state index contributed by atoms with van der Waals surface area (Å²) in [5.74, 6) is -1.06. The Morgan fingerprint density at radius 2 is 1.78 bits per heavy atom. The van der Waals surface area contributed by atoms with Crippen molar-refractivity contribution in [3.63, 3.8) is 0 Å². The van der Waals surface area contributed by atoms with Gasteiger partial charge >= 0.3 is 6.18 Å². The van der Waals surface area contributed by atoms with Gasteiger partial charge in [-0.25, -0.2) is 9.37 Å². The lowest BCUT2D eigenvalue weighted by molar-refractivity contribution is -0.250. The standard InChI is InChI=1S/C18H19F4N3O2/c1-17(27,18(20,21)22)16(26)24-9-6-12(7-10-24)15-23-8-11-25(15)14-4-2-13(19)3-5-14/h2-5,8,11-12,27H,6-7,9-10H2,1H3. The fraction of sp³-hybridized carbons (Fsp3) is 0.444. The lowest BCUT2D eigenvalue weighted by Gasteiger charge is -2.36. The Labute approximate surface area is 153 Å². The molecule has 2 aromatic rings. The molecule has 0 radical (unpaired) electrons. The number of benzene rings is 1. The number of carbonyl (C=O) groups is 1. The number of aliphatic hydroxyl groups is 1. The summed E-state index contributed by atoms with van der Waals surface area (Å²) in [5.41, 5.74) is -2.67. The zero-order valence-corrected chi connectivity index (χ0v) is 14.6. The Morgan fingerprint density at radius 3 is 2.33 bits per heavy atom. The van der Waals surface area contributed by atoms with E-state index in [4.69, 9.17) is 0 Å². The number of halogens is 4. The SMILES string of the molecule is CC(O)(C(=O)N1CCC(c2nccn2-c2ccc(F)cc2)CC1)C(F)(F)F. The van der Waals surface area contributed by atoms with Gasteiger partial charge in [-0.2, -0.15) is 13.2 Å². The first-order valence-electron chi connectivity index (χ1n) is 8.49. The first kappa shape index (κ1) is 19.3. The van der Waals surface area contributed by atoms with E-state index in [2.05, 4.69) is 4.98 Å². The lowest BCUT2D eigenvalue weighted by Crippen LogP contribution is -2.57. The summed E-state index contributed by atoms with van der Waals surface area (Å²) in [5, 5.41) is 9.57. The zero-order chi connectivity index (χ0) is 19.8. The van der Waals surface area contributed by atoms with Crippen LogP contribution >= 0.6 is 0 Å². The van der Waals surface area contributed by atoms with E-state index in [0.717, 1.165) is 10.6 Å². The topological polar surface area (TPSA) is 58.4 Å². The highest BCUT2D eigenvalue weighted by Gasteiger charge is 2.57. The minimum Gasteiger partial charge on any atom is -0.373 e. The van der Waals surface area contributed by atoms with Gasteiger partial charge in [0.25, 0.3) is 5.91 Å². The molecular formula is C18H19F4N3O2. The van der Waals surface area contributed by atoms with Crippen LogP contribution in [0, 0.1) is 5.82 Å². The number of carbonyl (C=O) groups excluding carboxylic acids is 1. The van der Waals surface area contributed by atoms with Crippen molar-refractivity contribution in [3.05, 3.63) is 48.3 Å². The molecule has 3 rings (SSSR count). The number of imidazole rings is 1. The predicted molar refractivity (Wildman–Crippen MR) is 88.8 cm³/mol. The third kappa shape index (κ3) is 3.69. The number of hydrogen-bond acceptors (Lipinski definition) is 3. The average Bonchev–Trinajstić information content (AvgIpc) is 3.10.